The number of nitrogens with one attached hydrogen (secondary N) is 1. The van der Waals surface area contributed by atoms with Gasteiger partial charge in [0.15, 0.2) is 5.11 Å². The third-order valence-electron chi connectivity index (χ3n) is 5.57. The van der Waals surface area contributed by atoms with E-state index in [1.54, 1.807) is 0 Å². The summed E-state index contributed by atoms with van der Waals surface area (Å²) < 4.78 is 0. The Kier molecular flexibility index (Phi) is 5.85. The standard InChI is InChI=1S/C26H23N5S/c32-26(27-16-15-19-9-3-1-4-10-19)31-25(17-23(30-31)20-11-5-2-6-12-20)24-18-28-21-13-7-8-14-22(21)29-24/h1-14,18,25H,15-17H2,(H,27,32). The van der Waals surface area contributed by atoms with Gasteiger partial charge in [0.2, 0.25) is 0 Å². The minimum absolute atomic E-state index is 0.0981. The first kappa shape index (κ1) is 20.3. The summed E-state index contributed by atoms with van der Waals surface area (Å²) in [5.41, 5.74) is 5.99. The van der Waals surface area contributed by atoms with Crippen LogP contribution >= 0.6 is 12.2 Å². The Balaban J connectivity index is 1.39. The van der Waals surface area contributed by atoms with Crippen LogP contribution in [0.5, 0.6) is 0 Å². The number of thiocarbonyl (C=S) groups is 1. The molecule has 1 atom stereocenters. The van der Waals surface area contributed by atoms with Crippen LogP contribution in [0.2, 0.25) is 0 Å². The van der Waals surface area contributed by atoms with E-state index in [0.717, 1.165) is 47.4 Å². The summed E-state index contributed by atoms with van der Waals surface area (Å²) in [5.74, 6) is 0. The average Bonchev–Trinajstić information content (AvgIpc) is 3.31. The van der Waals surface area contributed by atoms with Gasteiger partial charge in [-0.3, -0.25) is 4.98 Å². The van der Waals surface area contributed by atoms with Crippen molar-refractivity contribution in [1.82, 2.24) is 20.3 Å². The molecule has 5 nitrogen and oxygen atoms in total. The highest BCUT2D eigenvalue weighted by Crippen LogP contribution is 2.32. The van der Waals surface area contributed by atoms with Gasteiger partial charge in [-0.1, -0.05) is 72.8 Å². The second-order valence-electron chi connectivity index (χ2n) is 7.73. The van der Waals surface area contributed by atoms with E-state index in [1.807, 2.05) is 59.7 Å². The van der Waals surface area contributed by atoms with Crippen LogP contribution in [0.15, 0.2) is 96.2 Å². The number of para-hydroxylation sites is 2. The molecule has 1 N–H and O–H groups in total. The van der Waals surface area contributed by atoms with Crippen molar-refractivity contribution in [2.75, 3.05) is 6.54 Å². The molecule has 0 saturated heterocycles. The van der Waals surface area contributed by atoms with E-state index in [4.69, 9.17) is 22.3 Å². The van der Waals surface area contributed by atoms with Crippen LogP contribution < -0.4 is 5.32 Å². The second-order valence-corrected chi connectivity index (χ2v) is 8.12. The maximum absolute atomic E-state index is 5.76. The molecule has 1 unspecified atom stereocenters. The van der Waals surface area contributed by atoms with E-state index < -0.39 is 0 Å². The first-order valence-corrected chi connectivity index (χ1v) is 11.1. The van der Waals surface area contributed by atoms with Crippen LogP contribution in [-0.4, -0.2) is 32.3 Å². The van der Waals surface area contributed by atoms with Gasteiger partial charge in [-0.25, -0.2) is 9.99 Å². The Hall–Kier alpha value is -3.64. The number of nitrogens with zero attached hydrogens (tertiary/aromatic N) is 4. The number of hydrogen-bond donors (Lipinski definition) is 1. The van der Waals surface area contributed by atoms with Gasteiger partial charge >= 0.3 is 0 Å². The van der Waals surface area contributed by atoms with Crippen LogP contribution in [-0.2, 0) is 6.42 Å². The fourth-order valence-electron chi connectivity index (χ4n) is 3.90. The normalized spacial score (nSPS) is 15.6. The van der Waals surface area contributed by atoms with Gasteiger partial charge in [-0.15, -0.1) is 0 Å². The van der Waals surface area contributed by atoms with Crippen LogP contribution in [0.25, 0.3) is 11.0 Å². The summed E-state index contributed by atoms with van der Waals surface area (Å²) in [5, 5.41) is 10.8. The highest BCUT2D eigenvalue weighted by molar-refractivity contribution is 7.80. The fraction of sp³-hybridized carbons (Fsp3) is 0.154. The maximum Gasteiger partial charge on any atom is 0.190 e. The zero-order valence-corrected chi connectivity index (χ0v) is 18.4. The molecule has 0 radical (unpaired) electrons. The highest BCUT2D eigenvalue weighted by Gasteiger charge is 2.32. The van der Waals surface area contributed by atoms with Gasteiger partial charge in [-0.2, -0.15) is 5.10 Å². The first-order chi connectivity index (χ1) is 15.8. The zero-order chi connectivity index (χ0) is 21.8. The Bertz CT molecular complexity index is 1260. The Labute approximate surface area is 192 Å². The van der Waals surface area contributed by atoms with Crippen LogP contribution in [0.3, 0.4) is 0 Å². The number of fused-ring (bicyclic) bond motifs is 1. The monoisotopic (exact) mass is 437 g/mol. The van der Waals surface area contributed by atoms with Gasteiger partial charge in [-0.05, 0) is 41.9 Å². The maximum atomic E-state index is 5.76. The number of rotatable bonds is 5. The molecule has 0 bridgehead atoms. The smallest absolute Gasteiger partial charge is 0.190 e. The summed E-state index contributed by atoms with van der Waals surface area (Å²) in [6, 6.07) is 28.4. The van der Waals surface area contributed by atoms with Gasteiger partial charge in [0.05, 0.1) is 28.6 Å². The van der Waals surface area contributed by atoms with E-state index in [0.29, 0.717) is 5.11 Å². The second kappa shape index (κ2) is 9.24. The molecule has 4 aromatic rings. The third-order valence-corrected chi connectivity index (χ3v) is 5.90. The molecule has 0 aliphatic carbocycles. The van der Waals surface area contributed by atoms with Crippen molar-refractivity contribution in [1.29, 1.82) is 0 Å². The Morgan fingerprint density at radius 1 is 0.906 bits per heavy atom. The lowest BCUT2D eigenvalue weighted by Crippen LogP contribution is -2.38. The summed E-state index contributed by atoms with van der Waals surface area (Å²) in [6.45, 7) is 0.742. The molecule has 5 rings (SSSR count). The number of benzene rings is 3. The Morgan fingerprint density at radius 2 is 1.59 bits per heavy atom. The molecule has 1 aromatic heterocycles. The van der Waals surface area contributed by atoms with Crippen molar-refractivity contribution in [3.63, 3.8) is 0 Å². The van der Waals surface area contributed by atoms with Crippen LogP contribution in [0, 0.1) is 0 Å². The lowest BCUT2D eigenvalue weighted by molar-refractivity contribution is 0.357. The quantitative estimate of drug-likeness (QED) is 0.450. The molecular formula is C26H23N5S. The van der Waals surface area contributed by atoms with Crippen molar-refractivity contribution in [2.45, 2.75) is 18.9 Å². The summed E-state index contributed by atoms with van der Waals surface area (Å²) in [4.78, 5) is 9.50. The zero-order valence-electron chi connectivity index (χ0n) is 17.6. The molecule has 158 valence electrons. The number of aromatic nitrogens is 2. The van der Waals surface area contributed by atoms with Crippen molar-refractivity contribution >= 4 is 34.1 Å². The summed E-state index contributed by atoms with van der Waals surface area (Å²) >= 11 is 5.76. The minimum atomic E-state index is -0.0981. The van der Waals surface area contributed by atoms with Gasteiger partial charge < -0.3 is 5.32 Å². The topological polar surface area (TPSA) is 53.4 Å². The molecule has 1 aliphatic rings. The fourth-order valence-corrected chi connectivity index (χ4v) is 4.17. The molecule has 1 aliphatic heterocycles. The molecule has 2 heterocycles. The predicted octanol–water partition coefficient (Wildman–Crippen LogP) is 4.90. The van der Waals surface area contributed by atoms with Gasteiger partial charge in [0.1, 0.15) is 6.04 Å². The molecule has 0 amide bonds. The summed E-state index contributed by atoms with van der Waals surface area (Å²) in [6.07, 6.45) is 3.46. The van der Waals surface area contributed by atoms with E-state index in [2.05, 4.69) is 46.7 Å². The van der Waals surface area contributed by atoms with Crippen LogP contribution in [0.1, 0.15) is 29.3 Å². The van der Waals surface area contributed by atoms with Crippen LogP contribution in [0.4, 0.5) is 0 Å². The van der Waals surface area contributed by atoms with Gasteiger partial charge in [0.25, 0.3) is 0 Å². The lowest BCUT2D eigenvalue weighted by Gasteiger charge is -2.24. The molecule has 3 aromatic carbocycles. The molecule has 32 heavy (non-hydrogen) atoms. The SMILES string of the molecule is S=C(NCCc1ccccc1)N1N=C(c2ccccc2)CC1c1cnc2ccccc2n1. The van der Waals surface area contributed by atoms with E-state index in [-0.39, 0.29) is 6.04 Å². The van der Waals surface area contributed by atoms with E-state index in [9.17, 15) is 0 Å². The number of hydrazone groups is 1. The van der Waals surface area contributed by atoms with Crippen molar-refractivity contribution in [3.05, 3.63) is 108 Å². The van der Waals surface area contributed by atoms with Crippen molar-refractivity contribution in [2.24, 2.45) is 5.10 Å². The largest absolute Gasteiger partial charge is 0.361 e. The molecule has 0 saturated carbocycles. The lowest BCUT2D eigenvalue weighted by atomic mass is 10.0. The third kappa shape index (κ3) is 4.36. The molecule has 0 fully saturated rings. The van der Waals surface area contributed by atoms with E-state index in [1.165, 1.54) is 5.56 Å². The molecule has 0 spiro atoms. The molecular weight excluding hydrogens is 414 g/mol. The molecule has 6 heteroatoms. The van der Waals surface area contributed by atoms with E-state index >= 15 is 0 Å². The minimum Gasteiger partial charge on any atom is -0.361 e. The highest BCUT2D eigenvalue weighted by atomic mass is 32.1. The predicted molar refractivity (Wildman–Crippen MR) is 132 cm³/mol. The Morgan fingerprint density at radius 3 is 2.38 bits per heavy atom. The number of hydrogen-bond acceptors (Lipinski definition) is 4. The average molecular weight is 438 g/mol. The first-order valence-electron chi connectivity index (χ1n) is 10.7. The van der Waals surface area contributed by atoms with Crippen molar-refractivity contribution in [3.8, 4) is 0 Å². The summed E-state index contributed by atoms with van der Waals surface area (Å²) in [7, 11) is 0. The van der Waals surface area contributed by atoms with Gasteiger partial charge in [0, 0.05) is 13.0 Å². The van der Waals surface area contributed by atoms with Crippen molar-refractivity contribution < 1.29 is 0 Å².